The number of hydrazine groups is 1. The molecular weight excluding hydrogens is 530 g/mol. The second kappa shape index (κ2) is 13.1. The van der Waals surface area contributed by atoms with E-state index < -0.39 is 12.2 Å². The topological polar surface area (TPSA) is 85.4 Å². The van der Waals surface area contributed by atoms with Crippen LogP contribution >= 0.6 is 0 Å². The van der Waals surface area contributed by atoms with Gasteiger partial charge in [-0.2, -0.15) is 0 Å². The van der Waals surface area contributed by atoms with E-state index >= 15 is 0 Å². The molecule has 0 aromatic heterocycles. The van der Waals surface area contributed by atoms with E-state index in [4.69, 9.17) is 4.74 Å². The number of hydrogen-bond donors (Lipinski definition) is 1. The summed E-state index contributed by atoms with van der Waals surface area (Å²) < 4.78 is 5.23. The highest BCUT2D eigenvalue weighted by Gasteiger charge is 2.50. The van der Waals surface area contributed by atoms with Gasteiger partial charge in [-0.3, -0.25) is 9.59 Å². The lowest BCUT2D eigenvalue weighted by Crippen LogP contribution is -2.76. The van der Waals surface area contributed by atoms with Crippen molar-refractivity contribution in [2.75, 3.05) is 33.8 Å². The van der Waals surface area contributed by atoms with Gasteiger partial charge in [-0.05, 0) is 35.2 Å². The van der Waals surface area contributed by atoms with Crippen molar-refractivity contribution in [2.24, 2.45) is 0 Å². The van der Waals surface area contributed by atoms with Gasteiger partial charge in [-0.25, -0.2) is 14.8 Å². The Bertz CT molecular complexity index is 1330. The number of benzene rings is 3. The van der Waals surface area contributed by atoms with Crippen molar-refractivity contribution in [1.29, 1.82) is 0 Å². The number of nitrogens with one attached hydrogen (secondary N) is 1. The number of carbonyl (C=O) groups excluding carboxylic acids is 3. The predicted molar refractivity (Wildman–Crippen MR) is 160 cm³/mol. The summed E-state index contributed by atoms with van der Waals surface area (Å²) >= 11 is 0. The number of urea groups is 1. The quantitative estimate of drug-likeness (QED) is 0.420. The molecule has 0 bridgehead atoms. The van der Waals surface area contributed by atoms with Gasteiger partial charge < -0.3 is 19.9 Å². The number of amides is 4. The normalized spacial score (nSPS) is 19.2. The number of likely N-dealkylation sites (N-methyl/N-ethyl adjacent to an activating group) is 1. The molecular formula is C33H39N5O4. The summed E-state index contributed by atoms with van der Waals surface area (Å²) in [5, 5.41) is 6.28. The van der Waals surface area contributed by atoms with E-state index in [-0.39, 0.29) is 36.9 Å². The molecule has 2 aliphatic heterocycles. The lowest BCUT2D eigenvalue weighted by atomic mass is 9.90. The maximum atomic E-state index is 14.0. The molecule has 0 saturated carbocycles. The van der Waals surface area contributed by atoms with Crippen molar-refractivity contribution in [3.63, 3.8) is 0 Å². The van der Waals surface area contributed by atoms with Crippen LogP contribution in [-0.4, -0.2) is 83.7 Å². The van der Waals surface area contributed by atoms with Crippen LogP contribution in [0.3, 0.4) is 0 Å². The van der Waals surface area contributed by atoms with Gasteiger partial charge in [-0.1, -0.05) is 86.1 Å². The van der Waals surface area contributed by atoms with Crippen molar-refractivity contribution in [1.82, 2.24) is 25.1 Å². The largest absolute Gasteiger partial charge is 0.497 e. The van der Waals surface area contributed by atoms with Gasteiger partial charge in [0, 0.05) is 26.1 Å². The number of ether oxygens (including phenoxy) is 1. The molecule has 2 fully saturated rings. The minimum Gasteiger partial charge on any atom is -0.497 e. The molecule has 3 aromatic rings. The Kier molecular flexibility index (Phi) is 9.07. The van der Waals surface area contributed by atoms with Crippen LogP contribution in [0.15, 0.2) is 84.9 Å². The molecule has 2 aliphatic rings. The first kappa shape index (κ1) is 29.1. The highest BCUT2D eigenvalue weighted by molar-refractivity contribution is 5.91. The number of hydrogen-bond acceptors (Lipinski definition) is 5. The Morgan fingerprint density at radius 3 is 2.14 bits per heavy atom. The predicted octanol–water partition coefficient (Wildman–Crippen LogP) is 4.06. The summed E-state index contributed by atoms with van der Waals surface area (Å²) in [6.07, 6.45) is 0.652. The van der Waals surface area contributed by atoms with Gasteiger partial charge in [-0.15, -0.1) is 0 Å². The fraction of sp³-hybridized carbons (Fsp3) is 0.364. The van der Waals surface area contributed by atoms with Crippen molar-refractivity contribution < 1.29 is 19.1 Å². The Hall–Kier alpha value is -4.37. The molecule has 220 valence electrons. The van der Waals surface area contributed by atoms with Crippen molar-refractivity contribution >= 4 is 17.8 Å². The Balaban J connectivity index is 1.43. The number of nitrogens with zero attached hydrogens (tertiary/aromatic N) is 4. The van der Waals surface area contributed by atoms with Crippen molar-refractivity contribution in [3.05, 3.63) is 102 Å². The summed E-state index contributed by atoms with van der Waals surface area (Å²) in [5.41, 5.74) is 3.14. The molecule has 3 aromatic carbocycles. The molecule has 0 radical (unpaired) electrons. The minimum atomic E-state index is -0.626. The monoisotopic (exact) mass is 569 g/mol. The third-order valence-electron chi connectivity index (χ3n) is 8.12. The lowest BCUT2D eigenvalue weighted by molar-refractivity contribution is -0.187. The van der Waals surface area contributed by atoms with E-state index in [0.717, 1.165) is 28.9 Å². The molecule has 2 atom stereocenters. The average Bonchev–Trinajstić information content (AvgIpc) is 3.01. The van der Waals surface area contributed by atoms with Gasteiger partial charge >= 0.3 is 6.03 Å². The van der Waals surface area contributed by atoms with E-state index in [1.54, 1.807) is 29.1 Å². The first-order valence-electron chi connectivity index (χ1n) is 14.5. The van der Waals surface area contributed by atoms with E-state index in [2.05, 4.69) is 29.6 Å². The zero-order chi connectivity index (χ0) is 29.6. The van der Waals surface area contributed by atoms with Crippen LogP contribution in [0, 0.1) is 0 Å². The van der Waals surface area contributed by atoms with E-state index in [0.29, 0.717) is 19.5 Å². The average molecular weight is 570 g/mol. The minimum absolute atomic E-state index is 0.0244. The summed E-state index contributed by atoms with van der Waals surface area (Å²) in [6, 6.07) is 26.9. The first-order chi connectivity index (χ1) is 20.4. The standard InChI is InChI=1S/C33H39N5O4/c1-4-11-29-32(40)36(21-28(25-12-7-5-8-13-25)26-14-9-6-10-15-26)22-30-37(29)31(39)23-35(2)38(30)33(41)34-20-24-16-18-27(42-3)19-17-24/h5-10,12-19,28-30H,4,11,20-23H2,1-3H3,(H,34,41). The first-order valence-corrected chi connectivity index (χ1v) is 14.5. The number of piperazine rings is 1. The Morgan fingerprint density at radius 1 is 0.952 bits per heavy atom. The molecule has 2 unspecified atom stereocenters. The molecule has 2 saturated heterocycles. The molecule has 42 heavy (non-hydrogen) atoms. The zero-order valence-corrected chi connectivity index (χ0v) is 24.5. The van der Waals surface area contributed by atoms with Gasteiger partial charge in [0.15, 0.2) is 0 Å². The molecule has 9 heteroatoms. The third-order valence-corrected chi connectivity index (χ3v) is 8.12. The third kappa shape index (κ3) is 6.11. The van der Waals surface area contributed by atoms with E-state index in [1.165, 1.54) is 0 Å². The van der Waals surface area contributed by atoms with Crippen LogP contribution in [0.2, 0.25) is 0 Å². The molecule has 0 aliphatic carbocycles. The van der Waals surface area contributed by atoms with Crippen LogP contribution in [-0.2, 0) is 16.1 Å². The molecule has 0 spiro atoms. The number of rotatable bonds is 9. The number of methoxy groups -OCH3 is 1. The highest BCUT2D eigenvalue weighted by atomic mass is 16.5. The number of carbonyl (C=O) groups is 3. The van der Waals surface area contributed by atoms with Gasteiger partial charge in [0.05, 0.1) is 20.2 Å². The van der Waals surface area contributed by atoms with Gasteiger partial charge in [0.2, 0.25) is 11.8 Å². The smallest absolute Gasteiger partial charge is 0.334 e. The van der Waals surface area contributed by atoms with Crippen molar-refractivity contribution in [3.8, 4) is 5.75 Å². The fourth-order valence-corrected chi connectivity index (χ4v) is 6.02. The molecule has 4 amide bonds. The maximum Gasteiger partial charge on any atom is 0.334 e. The lowest BCUT2D eigenvalue weighted by Gasteiger charge is -2.54. The maximum absolute atomic E-state index is 14.0. The second-order valence-corrected chi connectivity index (χ2v) is 10.9. The van der Waals surface area contributed by atoms with E-state index in [9.17, 15) is 14.4 Å². The SMILES string of the molecule is CCCC1C(=O)N(CC(c2ccccc2)c2ccccc2)CC2N1C(=O)CN(C)N2C(=O)NCc1ccc(OC)cc1. The van der Waals surface area contributed by atoms with Crippen LogP contribution in [0.1, 0.15) is 42.4 Å². The van der Waals surface area contributed by atoms with E-state index in [1.807, 2.05) is 72.5 Å². The molecule has 2 heterocycles. The molecule has 9 nitrogen and oxygen atoms in total. The summed E-state index contributed by atoms with van der Waals surface area (Å²) in [7, 11) is 3.36. The van der Waals surface area contributed by atoms with Gasteiger partial charge in [0.1, 0.15) is 18.0 Å². The summed E-state index contributed by atoms with van der Waals surface area (Å²) in [6.45, 7) is 3.02. The Morgan fingerprint density at radius 2 is 1.57 bits per heavy atom. The molecule has 1 N–H and O–H groups in total. The van der Waals surface area contributed by atoms with Crippen LogP contribution in [0.5, 0.6) is 5.75 Å². The molecule has 5 rings (SSSR count). The van der Waals surface area contributed by atoms with Crippen molar-refractivity contribution in [2.45, 2.75) is 44.4 Å². The van der Waals surface area contributed by atoms with Crippen LogP contribution in [0.25, 0.3) is 0 Å². The fourth-order valence-electron chi connectivity index (χ4n) is 6.02. The van der Waals surface area contributed by atoms with Crippen LogP contribution < -0.4 is 10.1 Å². The second-order valence-electron chi connectivity index (χ2n) is 10.9. The summed E-state index contributed by atoms with van der Waals surface area (Å²) in [4.78, 5) is 44.6. The highest BCUT2D eigenvalue weighted by Crippen LogP contribution is 2.32. The van der Waals surface area contributed by atoms with Gasteiger partial charge in [0.25, 0.3) is 0 Å². The van der Waals surface area contributed by atoms with Crippen LogP contribution in [0.4, 0.5) is 4.79 Å². The Labute approximate surface area is 247 Å². The summed E-state index contributed by atoms with van der Waals surface area (Å²) in [5.74, 6) is 0.477. The number of fused-ring (bicyclic) bond motifs is 1. The zero-order valence-electron chi connectivity index (χ0n) is 24.5.